The molecule has 3 nitrogen and oxygen atoms in total. The summed E-state index contributed by atoms with van der Waals surface area (Å²) in [6.45, 7) is 0.108. The smallest absolute Gasteiger partial charge is 0.234 e. The molecule has 0 saturated carbocycles. The van der Waals surface area contributed by atoms with Gasteiger partial charge >= 0.3 is 0 Å². The summed E-state index contributed by atoms with van der Waals surface area (Å²) in [5.74, 6) is -2.52. The van der Waals surface area contributed by atoms with E-state index in [2.05, 4.69) is 15.9 Å². The molecule has 6 heteroatoms. The van der Waals surface area contributed by atoms with Gasteiger partial charge in [-0.1, -0.05) is 0 Å². The van der Waals surface area contributed by atoms with Crippen LogP contribution in [0.1, 0.15) is 21.9 Å². The number of halogens is 3. The summed E-state index contributed by atoms with van der Waals surface area (Å²) in [5.41, 5.74) is 4.67. The average molecular weight is 316 g/mol. The van der Waals surface area contributed by atoms with Gasteiger partial charge in [0, 0.05) is 0 Å². The second kappa shape index (κ2) is 4.99. The van der Waals surface area contributed by atoms with E-state index in [9.17, 15) is 13.6 Å². The Morgan fingerprint density at radius 1 is 1.28 bits per heavy atom. The van der Waals surface area contributed by atoms with E-state index < -0.39 is 23.0 Å². The molecule has 0 fully saturated rings. The molecule has 1 heterocycles. The van der Waals surface area contributed by atoms with Crippen molar-refractivity contribution >= 4 is 21.7 Å². The molecule has 0 bridgehead atoms. The molecule has 1 aromatic heterocycles. The molecule has 2 aromatic rings. The van der Waals surface area contributed by atoms with Crippen LogP contribution < -0.4 is 5.73 Å². The lowest BCUT2D eigenvalue weighted by Crippen LogP contribution is -2.07. The topological polar surface area (TPSA) is 56.2 Å². The molecule has 2 N–H and O–H groups in total. The van der Waals surface area contributed by atoms with Crippen LogP contribution in [0.25, 0.3) is 0 Å². The molecule has 0 aliphatic carbocycles. The van der Waals surface area contributed by atoms with Crippen molar-refractivity contribution in [1.82, 2.24) is 0 Å². The minimum Gasteiger partial charge on any atom is -0.456 e. The highest BCUT2D eigenvalue weighted by Crippen LogP contribution is 2.24. The fourth-order valence-electron chi connectivity index (χ4n) is 1.47. The zero-order chi connectivity index (χ0) is 13.3. The van der Waals surface area contributed by atoms with Gasteiger partial charge in [0.2, 0.25) is 5.78 Å². The van der Waals surface area contributed by atoms with E-state index in [-0.39, 0.29) is 16.8 Å². The first kappa shape index (κ1) is 12.9. The molecule has 0 amide bonds. The highest BCUT2D eigenvalue weighted by molar-refractivity contribution is 9.10. The molecule has 0 unspecified atom stereocenters. The van der Waals surface area contributed by atoms with Gasteiger partial charge in [0.1, 0.15) is 11.6 Å². The van der Waals surface area contributed by atoms with Gasteiger partial charge in [-0.3, -0.25) is 4.79 Å². The Hall–Kier alpha value is -1.53. The van der Waals surface area contributed by atoms with E-state index in [1.54, 1.807) is 0 Å². The monoisotopic (exact) mass is 315 g/mol. The molecule has 1 aromatic carbocycles. The first-order valence-electron chi connectivity index (χ1n) is 5.01. The van der Waals surface area contributed by atoms with Crippen LogP contribution in [-0.2, 0) is 6.54 Å². The summed E-state index contributed by atoms with van der Waals surface area (Å²) < 4.78 is 32.3. The van der Waals surface area contributed by atoms with E-state index in [1.807, 2.05) is 0 Å². The Morgan fingerprint density at radius 3 is 2.61 bits per heavy atom. The zero-order valence-corrected chi connectivity index (χ0v) is 10.6. The highest BCUT2D eigenvalue weighted by Gasteiger charge is 2.23. The molecule has 0 saturated heterocycles. The summed E-state index contributed by atoms with van der Waals surface area (Å²) in [7, 11) is 0. The van der Waals surface area contributed by atoms with Crippen molar-refractivity contribution in [3.8, 4) is 0 Å². The van der Waals surface area contributed by atoms with Gasteiger partial charge in [0.25, 0.3) is 0 Å². The predicted molar refractivity (Wildman–Crippen MR) is 64.1 cm³/mol. The van der Waals surface area contributed by atoms with Crippen molar-refractivity contribution in [1.29, 1.82) is 0 Å². The molecule has 0 radical (unpaired) electrons. The summed E-state index contributed by atoms with van der Waals surface area (Å²) in [6.07, 6.45) is 0. The third-order valence-corrected chi connectivity index (χ3v) is 2.97. The number of ketones is 1. The van der Waals surface area contributed by atoms with Crippen molar-refractivity contribution in [2.24, 2.45) is 5.73 Å². The number of carbonyl (C=O) groups is 1. The summed E-state index contributed by atoms with van der Waals surface area (Å²) in [4.78, 5) is 11.9. The van der Waals surface area contributed by atoms with Gasteiger partial charge in [-0.25, -0.2) is 8.78 Å². The quantitative estimate of drug-likeness (QED) is 0.699. The van der Waals surface area contributed by atoms with Gasteiger partial charge in [0.05, 0.1) is 16.6 Å². The maximum absolute atomic E-state index is 13.7. The molecule has 18 heavy (non-hydrogen) atoms. The fourth-order valence-corrected chi connectivity index (χ4v) is 1.80. The van der Waals surface area contributed by atoms with Crippen molar-refractivity contribution in [2.75, 3.05) is 0 Å². The van der Waals surface area contributed by atoms with Crippen molar-refractivity contribution in [3.05, 3.63) is 57.5 Å². The Labute approximate surface area is 110 Å². The number of nitrogens with two attached hydrogens (primary N) is 1. The van der Waals surface area contributed by atoms with Gasteiger partial charge in [-0.15, -0.1) is 0 Å². The van der Waals surface area contributed by atoms with Gasteiger partial charge in [-0.2, -0.15) is 0 Å². The summed E-state index contributed by atoms with van der Waals surface area (Å²) in [6, 6.07) is 5.02. The van der Waals surface area contributed by atoms with E-state index in [1.165, 1.54) is 18.2 Å². The lowest BCUT2D eigenvalue weighted by Gasteiger charge is -2.03. The third kappa shape index (κ3) is 2.21. The average Bonchev–Trinajstić information content (AvgIpc) is 2.83. The number of furan rings is 1. The molecule has 0 spiro atoms. The van der Waals surface area contributed by atoms with Gasteiger partial charge in [0.15, 0.2) is 11.6 Å². The van der Waals surface area contributed by atoms with Crippen LogP contribution >= 0.6 is 15.9 Å². The van der Waals surface area contributed by atoms with Crippen LogP contribution in [0.5, 0.6) is 0 Å². The fraction of sp³-hybridized carbons (Fsp3) is 0.0833. The molecule has 0 aliphatic heterocycles. The Balaban J connectivity index is 2.49. The number of hydrogen-bond donors (Lipinski definition) is 1. The number of carbonyl (C=O) groups excluding carboxylic acids is 1. The van der Waals surface area contributed by atoms with Crippen molar-refractivity contribution in [2.45, 2.75) is 6.54 Å². The van der Waals surface area contributed by atoms with E-state index in [4.69, 9.17) is 10.2 Å². The molecule has 0 aliphatic rings. The van der Waals surface area contributed by atoms with Crippen LogP contribution in [-0.4, -0.2) is 5.78 Å². The standard InChI is InChI=1S/C12H8BrF2NO2/c13-7-2-3-8(14)10(11(7)15)12(17)9-4-1-6(5-16)18-9/h1-4H,5,16H2. The van der Waals surface area contributed by atoms with Crippen LogP contribution in [0.15, 0.2) is 33.2 Å². The second-order valence-corrected chi connectivity index (χ2v) is 4.37. The Morgan fingerprint density at radius 2 is 2.00 bits per heavy atom. The SMILES string of the molecule is NCc1ccc(C(=O)c2c(F)ccc(Br)c2F)o1. The van der Waals surface area contributed by atoms with E-state index in [0.29, 0.717) is 5.76 Å². The lowest BCUT2D eigenvalue weighted by molar-refractivity contribution is 0.0999. The lowest BCUT2D eigenvalue weighted by atomic mass is 10.1. The van der Waals surface area contributed by atoms with Crippen LogP contribution in [0.2, 0.25) is 0 Å². The van der Waals surface area contributed by atoms with Crippen molar-refractivity contribution in [3.63, 3.8) is 0 Å². The van der Waals surface area contributed by atoms with Gasteiger partial charge in [-0.05, 0) is 40.2 Å². The largest absolute Gasteiger partial charge is 0.456 e. The van der Waals surface area contributed by atoms with E-state index >= 15 is 0 Å². The molecule has 0 atom stereocenters. The molecular weight excluding hydrogens is 308 g/mol. The van der Waals surface area contributed by atoms with Crippen molar-refractivity contribution < 1.29 is 18.0 Å². The normalized spacial score (nSPS) is 10.7. The van der Waals surface area contributed by atoms with Crippen LogP contribution in [0, 0.1) is 11.6 Å². The zero-order valence-electron chi connectivity index (χ0n) is 9.04. The minimum absolute atomic E-state index is 0.0119. The molecule has 94 valence electrons. The summed E-state index contributed by atoms with van der Waals surface area (Å²) >= 11 is 2.90. The highest BCUT2D eigenvalue weighted by atomic mass is 79.9. The van der Waals surface area contributed by atoms with Crippen LogP contribution in [0.3, 0.4) is 0 Å². The van der Waals surface area contributed by atoms with Gasteiger partial charge < -0.3 is 10.2 Å². The first-order chi connectivity index (χ1) is 8.54. The maximum Gasteiger partial charge on any atom is 0.234 e. The van der Waals surface area contributed by atoms with E-state index in [0.717, 1.165) is 6.07 Å². The number of hydrogen-bond acceptors (Lipinski definition) is 3. The number of benzene rings is 1. The molecular formula is C12H8BrF2NO2. The van der Waals surface area contributed by atoms with Crippen LogP contribution in [0.4, 0.5) is 8.78 Å². The summed E-state index contributed by atoms with van der Waals surface area (Å²) in [5, 5.41) is 0. The predicted octanol–water partition coefficient (Wildman–Crippen LogP) is 3.01. The first-order valence-corrected chi connectivity index (χ1v) is 5.81. The Bertz CT molecular complexity index is 610. The molecule has 2 rings (SSSR count). The minimum atomic E-state index is -0.953. The second-order valence-electron chi connectivity index (χ2n) is 3.52. The number of rotatable bonds is 3. The third-order valence-electron chi connectivity index (χ3n) is 2.36. The maximum atomic E-state index is 13.7. The Kier molecular flexibility index (Phi) is 3.58.